The van der Waals surface area contributed by atoms with Crippen LogP contribution >= 0.6 is 11.6 Å². The molecule has 11 heavy (non-hydrogen) atoms. The largest absolute Gasteiger partial charge is 0.392 e. The molecule has 0 spiro atoms. The Morgan fingerprint density at radius 1 is 1.55 bits per heavy atom. The number of halogens is 1. The zero-order chi connectivity index (χ0) is 8.43. The second-order valence-corrected chi connectivity index (χ2v) is 3.76. The van der Waals surface area contributed by atoms with E-state index in [1.807, 2.05) is 0 Å². The van der Waals surface area contributed by atoms with Gasteiger partial charge in [0.1, 0.15) is 5.78 Å². The first-order chi connectivity index (χ1) is 5.11. The van der Waals surface area contributed by atoms with Crippen molar-refractivity contribution in [3.05, 3.63) is 0 Å². The highest BCUT2D eigenvalue weighted by molar-refractivity contribution is 6.21. The molecule has 1 rings (SSSR count). The quantitative estimate of drug-likeness (QED) is 0.613. The van der Waals surface area contributed by atoms with Gasteiger partial charge in [-0.3, -0.25) is 4.79 Å². The smallest absolute Gasteiger partial charge is 0.133 e. The number of carbonyl (C=O) groups excluding carboxylic acids is 1. The minimum atomic E-state index is -0.487. The van der Waals surface area contributed by atoms with Crippen LogP contribution in [-0.4, -0.2) is 22.4 Å². The lowest BCUT2D eigenvalue weighted by Gasteiger charge is -2.27. The monoisotopic (exact) mass is 176 g/mol. The lowest BCUT2D eigenvalue weighted by Crippen LogP contribution is -2.32. The summed E-state index contributed by atoms with van der Waals surface area (Å²) in [5.74, 6) is 0.215. The van der Waals surface area contributed by atoms with Crippen LogP contribution in [0, 0.1) is 5.92 Å². The molecule has 3 unspecified atom stereocenters. The van der Waals surface area contributed by atoms with E-state index in [0.29, 0.717) is 6.42 Å². The molecule has 1 aliphatic carbocycles. The van der Waals surface area contributed by atoms with Crippen LogP contribution in [0.25, 0.3) is 0 Å². The third-order valence-corrected chi connectivity index (χ3v) is 2.82. The predicted molar refractivity (Wildman–Crippen MR) is 43.7 cm³/mol. The molecule has 0 amide bonds. The summed E-state index contributed by atoms with van der Waals surface area (Å²) in [7, 11) is 0. The number of rotatable bonds is 1. The summed E-state index contributed by atoms with van der Waals surface area (Å²) in [6.45, 7) is 1.58. The van der Waals surface area contributed by atoms with Gasteiger partial charge in [-0.1, -0.05) is 0 Å². The number of aliphatic hydroxyl groups excluding tert-OH is 1. The fraction of sp³-hybridized carbons (Fsp3) is 0.875. The number of carbonyl (C=O) groups is 1. The number of hydrogen-bond acceptors (Lipinski definition) is 2. The van der Waals surface area contributed by atoms with Gasteiger partial charge < -0.3 is 5.11 Å². The first-order valence-electron chi connectivity index (χ1n) is 3.94. The minimum Gasteiger partial charge on any atom is -0.392 e. The maximum absolute atomic E-state index is 10.9. The topological polar surface area (TPSA) is 37.3 Å². The van der Waals surface area contributed by atoms with Crippen LogP contribution in [0.1, 0.15) is 26.2 Å². The lowest BCUT2D eigenvalue weighted by atomic mass is 9.85. The molecule has 1 saturated carbocycles. The third-order valence-electron chi connectivity index (χ3n) is 2.31. The molecule has 1 N–H and O–H groups in total. The van der Waals surface area contributed by atoms with Crippen LogP contribution in [0.2, 0.25) is 0 Å². The molecule has 0 heterocycles. The number of hydrogen-bond donors (Lipinski definition) is 1. The Balaban J connectivity index is 2.46. The molecule has 0 aliphatic heterocycles. The van der Waals surface area contributed by atoms with E-state index >= 15 is 0 Å². The maximum atomic E-state index is 10.9. The van der Waals surface area contributed by atoms with E-state index in [4.69, 9.17) is 11.6 Å². The van der Waals surface area contributed by atoms with Crippen LogP contribution in [0.5, 0.6) is 0 Å². The Hall–Kier alpha value is -0.0800. The Morgan fingerprint density at radius 3 is 2.64 bits per heavy atom. The minimum absolute atomic E-state index is 0.0417. The summed E-state index contributed by atoms with van der Waals surface area (Å²) in [6.07, 6.45) is 1.65. The molecule has 3 atom stereocenters. The normalized spacial score (nSPS) is 38.6. The molecule has 64 valence electrons. The fourth-order valence-electron chi connectivity index (χ4n) is 1.48. The number of ketones is 1. The average Bonchev–Trinajstić information content (AvgIpc) is 1.94. The predicted octanol–water partition coefficient (Wildman–Crippen LogP) is 1.34. The van der Waals surface area contributed by atoms with E-state index in [9.17, 15) is 9.90 Å². The summed E-state index contributed by atoms with van der Waals surface area (Å²) in [5.41, 5.74) is 0. The summed E-state index contributed by atoms with van der Waals surface area (Å²) in [6, 6.07) is 0. The molecular formula is C8H13ClO2. The van der Waals surface area contributed by atoms with Crippen LogP contribution in [0.3, 0.4) is 0 Å². The van der Waals surface area contributed by atoms with Crippen LogP contribution < -0.4 is 0 Å². The van der Waals surface area contributed by atoms with Gasteiger partial charge in [0.15, 0.2) is 0 Å². The van der Waals surface area contributed by atoms with Crippen molar-refractivity contribution in [3.8, 4) is 0 Å². The molecule has 3 heteroatoms. The van der Waals surface area contributed by atoms with E-state index in [2.05, 4.69) is 0 Å². The number of Topliss-reactive ketones (excluding diaryl/α,β-unsaturated/α-hetero) is 1. The molecule has 0 aromatic carbocycles. The van der Waals surface area contributed by atoms with Crippen molar-refractivity contribution in [1.29, 1.82) is 0 Å². The highest BCUT2D eigenvalue weighted by atomic mass is 35.5. The van der Waals surface area contributed by atoms with E-state index in [1.165, 1.54) is 0 Å². The Morgan fingerprint density at radius 2 is 2.18 bits per heavy atom. The SMILES string of the molecule is CC(=O)C1CCC(Cl)C(O)C1. The molecule has 2 nitrogen and oxygen atoms in total. The standard InChI is InChI=1S/C8H13ClO2/c1-5(10)6-2-3-7(9)8(11)4-6/h6-8,11H,2-4H2,1H3. The van der Waals surface area contributed by atoms with Crippen molar-refractivity contribution in [3.63, 3.8) is 0 Å². The first-order valence-corrected chi connectivity index (χ1v) is 4.37. The molecule has 0 aromatic heterocycles. The molecule has 1 aliphatic rings. The highest BCUT2D eigenvalue weighted by Crippen LogP contribution is 2.28. The molecular weight excluding hydrogens is 164 g/mol. The van der Waals surface area contributed by atoms with Gasteiger partial charge in [0, 0.05) is 5.92 Å². The molecule has 1 fully saturated rings. The van der Waals surface area contributed by atoms with Gasteiger partial charge >= 0.3 is 0 Å². The Bertz CT molecular complexity index is 158. The van der Waals surface area contributed by atoms with Crippen molar-refractivity contribution in [2.75, 3.05) is 0 Å². The maximum Gasteiger partial charge on any atom is 0.133 e. The molecule has 0 radical (unpaired) electrons. The van der Waals surface area contributed by atoms with Crippen molar-refractivity contribution >= 4 is 17.4 Å². The van der Waals surface area contributed by atoms with E-state index in [1.54, 1.807) is 6.92 Å². The second-order valence-electron chi connectivity index (χ2n) is 3.20. The third kappa shape index (κ3) is 2.17. The van der Waals surface area contributed by atoms with Gasteiger partial charge in [-0.15, -0.1) is 11.6 Å². The zero-order valence-electron chi connectivity index (χ0n) is 6.59. The van der Waals surface area contributed by atoms with Gasteiger partial charge in [0.2, 0.25) is 0 Å². The van der Waals surface area contributed by atoms with Gasteiger partial charge in [0.05, 0.1) is 11.5 Å². The van der Waals surface area contributed by atoms with Crippen LogP contribution in [-0.2, 0) is 4.79 Å². The van der Waals surface area contributed by atoms with Gasteiger partial charge in [-0.25, -0.2) is 0 Å². The Labute approximate surface area is 71.5 Å². The summed E-state index contributed by atoms with van der Waals surface area (Å²) in [5, 5.41) is 9.17. The van der Waals surface area contributed by atoms with Crippen LogP contribution in [0.15, 0.2) is 0 Å². The van der Waals surface area contributed by atoms with Crippen LogP contribution in [0.4, 0.5) is 0 Å². The second kappa shape index (κ2) is 3.55. The van der Waals surface area contributed by atoms with E-state index in [0.717, 1.165) is 12.8 Å². The molecule has 0 bridgehead atoms. The number of alkyl halides is 1. The summed E-state index contributed by atoms with van der Waals surface area (Å²) in [4.78, 5) is 10.9. The van der Waals surface area contributed by atoms with Crippen molar-refractivity contribution in [1.82, 2.24) is 0 Å². The Kier molecular flexibility index (Phi) is 2.90. The highest BCUT2D eigenvalue weighted by Gasteiger charge is 2.29. The van der Waals surface area contributed by atoms with Crippen molar-refractivity contribution in [2.24, 2.45) is 5.92 Å². The summed E-state index contributed by atoms with van der Waals surface area (Å²) < 4.78 is 0. The first kappa shape index (κ1) is 9.01. The van der Waals surface area contributed by atoms with Crippen molar-refractivity contribution < 1.29 is 9.90 Å². The van der Waals surface area contributed by atoms with Gasteiger partial charge in [-0.05, 0) is 26.2 Å². The van der Waals surface area contributed by atoms with E-state index in [-0.39, 0.29) is 17.1 Å². The molecule has 0 saturated heterocycles. The lowest BCUT2D eigenvalue weighted by molar-refractivity contribution is -0.122. The van der Waals surface area contributed by atoms with Gasteiger partial charge in [0.25, 0.3) is 0 Å². The summed E-state index contributed by atoms with van der Waals surface area (Å²) >= 11 is 5.78. The van der Waals surface area contributed by atoms with Gasteiger partial charge in [-0.2, -0.15) is 0 Å². The fourth-order valence-corrected chi connectivity index (χ4v) is 1.71. The van der Waals surface area contributed by atoms with E-state index < -0.39 is 6.10 Å². The average molecular weight is 177 g/mol. The molecule has 0 aromatic rings. The zero-order valence-corrected chi connectivity index (χ0v) is 7.34. The number of aliphatic hydroxyl groups is 1. The van der Waals surface area contributed by atoms with Crippen molar-refractivity contribution in [2.45, 2.75) is 37.7 Å².